The highest BCUT2D eigenvalue weighted by atomic mass is 16.5. The predicted octanol–water partition coefficient (Wildman–Crippen LogP) is 1.80. The standard InChI is InChI=1S/C14H22N2O/c1-17-10-8-12-5-2-3-7-14(12)16-9-4-6-13(15)11-16/h2-3,5,7,13H,4,6,8-11,15H2,1H3. The second-order valence-corrected chi connectivity index (χ2v) is 4.72. The van der Waals surface area contributed by atoms with Crippen LogP contribution < -0.4 is 10.6 Å². The van der Waals surface area contributed by atoms with Crippen LogP contribution in [0.3, 0.4) is 0 Å². The van der Waals surface area contributed by atoms with Crippen LogP contribution in [-0.4, -0.2) is 32.8 Å². The van der Waals surface area contributed by atoms with Gasteiger partial charge in [-0.15, -0.1) is 0 Å². The molecular formula is C14H22N2O. The van der Waals surface area contributed by atoms with Crippen LogP contribution in [0.15, 0.2) is 24.3 Å². The van der Waals surface area contributed by atoms with E-state index < -0.39 is 0 Å². The van der Waals surface area contributed by atoms with E-state index in [2.05, 4.69) is 29.2 Å². The molecule has 1 aromatic carbocycles. The summed E-state index contributed by atoms with van der Waals surface area (Å²) < 4.78 is 5.17. The van der Waals surface area contributed by atoms with Gasteiger partial charge in [-0.25, -0.2) is 0 Å². The Morgan fingerprint density at radius 1 is 1.41 bits per heavy atom. The molecule has 1 aliphatic heterocycles. The van der Waals surface area contributed by atoms with Gasteiger partial charge in [-0.2, -0.15) is 0 Å². The monoisotopic (exact) mass is 234 g/mol. The molecule has 2 rings (SSSR count). The highest BCUT2D eigenvalue weighted by Crippen LogP contribution is 2.24. The Morgan fingerprint density at radius 2 is 2.24 bits per heavy atom. The molecule has 3 heteroatoms. The molecule has 0 aliphatic carbocycles. The number of hydrogen-bond acceptors (Lipinski definition) is 3. The maximum Gasteiger partial charge on any atom is 0.0503 e. The number of rotatable bonds is 4. The van der Waals surface area contributed by atoms with E-state index in [1.54, 1.807) is 7.11 Å². The van der Waals surface area contributed by atoms with Crippen LogP contribution in [0.5, 0.6) is 0 Å². The molecule has 1 saturated heterocycles. The molecule has 3 nitrogen and oxygen atoms in total. The number of anilines is 1. The summed E-state index contributed by atoms with van der Waals surface area (Å²) in [5.74, 6) is 0. The minimum atomic E-state index is 0.319. The minimum absolute atomic E-state index is 0.319. The van der Waals surface area contributed by atoms with E-state index in [1.807, 2.05) is 0 Å². The molecule has 1 atom stereocenters. The van der Waals surface area contributed by atoms with E-state index >= 15 is 0 Å². The van der Waals surface area contributed by atoms with Gasteiger partial charge in [0, 0.05) is 31.9 Å². The molecule has 0 radical (unpaired) electrons. The third kappa shape index (κ3) is 3.20. The van der Waals surface area contributed by atoms with Gasteiger partial charge >= 0.3 is 0 Å². The Bertz CT molecular complexity index is 354. The van der Waals surface area contributed by atoms with Crippen molar-refractivity contribution in [3.63, 3.8) is 0 Å². The molecule has 1 aliphatic rings. The molecule has 1 unspecified atom stereocenters. The van der Waals surface area contributed by atoms with Crippen molar-refractivity contribution in [1.29, 1.82) is 0 Å². The van der Waals surface area contributed by atoms with E-state index in [9.17, 15) is 0 Å². The van der Waals surface area contributed by atoms with Crippen LogP contribution in [-0.2, 0) is 11.2 Å². The Labute approximate surface area is 104 Å². The van der Waals surface area contributed by atoms with Gasteiger partial charge in [0.2, 0.25) is 0 Å². The van der Waals surface area contributed by atoms with Crippen molar-refractivity contribution in [2.75, 3.05) is 31.7 Å². The minimum Gasteiger partial charge on any atom is -0.384 e. The molecule has 0 amide bonds. The van der Waals surface area contributed by atoms with E-state index in [-0.39, 0.29) is 0 Å². The van der Waals surface area contributed by atoms with Crippen molar-refractivity contribution in [1.82, 2.24) is 0 Å². The van der Waals surface area contributed by atoms with Gasteiger partial charge in [-0.05, 0) is 30.9 Å². The third-order valence-electron chi connectivity index (χ3n) is 3.37. The first-order valence-corrected chi connectivity index (χ1v) is 6.38. The Morgan fingerprint density at radius 3 is 3.00 bits per heavy atom. The predicted molar refractivity (Wildman–Crippen MR) is 71.4 cm³/mol. The molecule has 0 spiro atoms. The summed E-state index contributed by atoms with van der Waals surface area (Å²) in [5, 5.41) is 0. The van der Waals surface area contributed by atoms with Crippen LogP contribution in [0, 0.1) is 0 Å². The van der Waals surface area contributed by atoms with Crippen molar-refractivity contribution in [2.45, 2.75) is 25.3 Å². The highest BCUT2D eigenvalue weighted by molar-refractivity contribution is 5.54. The summed E-state index contributed by atoms with van der Waals surface area (Å²) in [6, 6.07) is 8.90. The fourth-order valence-corrected chi connectivity index (χ4v) is 2.47. The molecule has 1 aromatic rings. The van der Waals surface area contributed by atoms with Crippen LogP contribution >= 0.6 is 0 Å². The van der Waals surface area contributed by atoms with Gasteiger partial charge in [0.25, 0.3) is 0 Å². The smallest absolute Gasteiger partial charge is 0.0503 e. The number of piperidine rings is 1. The summed E-state index contributed by atoms with van der Waals surface area (Å²) in [6.07, 6.45) is 3.31. The average Bonchev–Trinajstić information content (AvgIpc) is 2.37. The molecule has 94 valence electrons. The topological polar surface area (TPSA) is 38.5 Å². The number of ether oxygens (including phenoxy) is 1. The molecule has 0 aromatic heterocycles. The van der Waals surface area contributed by atoms with Gasteiger partial charge in [-0.1, -0.05) is 18.2 Å². The molecular weight excluding hydrogens is 212 g/mol. The number of benzene rings is 1. The average molecular weight is 234 g/mol. The van der Waals surface area contributed by atoms with Crippen molar-refractivity contribution in [3.8, 4) is 0 Å². The quantitative estimate of drug-likeness (QED) is 0.863. The largest absolute Gasteiger partial charge is 0.384 e. The van der Waals surface area contributed by atoms with E-state index in [1.165, 1.54) is 17.7 Å². The van der Waals surface area contributed by atoms with E-state index in [0.29, 0.717) is 6.04 Å². The Hall–Kier alpha value is -1.06. The molecule has 17 heavy (non-hydrogen) atoms. The molecule has 1 heterocycles. The summed E-state index contributed by atoms with van der Waals surface area (Å²) in [6.45, 7) is 2.87. The lowest BCUT2D eigenvalue weighted by atomic mass is 10.0. The third-order valence-corrected chi connectivity index (χ3v) is 3.37. The van der Waals surface area contributed by atoms with Crippen LogP contribution in [0.25, 0.3) is 0 Å². The van der Waals surface area contributed by atoms with E-state index in [4.69, 9.17) is 10.5 Å². The van der Waals surface area contributed by atoms with Crippen molar-refractivity contribution >= 4 is 5.69 Å². The summed E-state index contributed by atoms with van der Waals surface area (Å²) in [4.78, 5) is 2.42. The zero-order valence-corrected chi connectivity index (χ0v) is 10.6. The SMILES string of the molecule is COCCc1ccccc1N1CCCC(N)C1. The van der Waals surface area contributed by atoms with Gasteiger partial charge in [0.1, 0.15) is 0 Å². The van der Waals surface area contributed by atoms with Crippen molar-refractivity contribution in [2.24, 2.45) is 5.73 Å². The van der Waals surface area contributed by atoms with E-state index in [0.717, 1.165) is 32.5 Å². The van der Waals surface area contributed by atoms with Gasteiger partial charge in [0.05, 0.1) is 6.61 Å². The zero-order valence-electron chi connectivity index (χ0n) is 10.6. The van der Waals surface area contributed by atoms with Crippen LogP contribution in [0.4, 0.5) is 5.69 Å². The van der Waals surface area contributed by atoms with Crippen molar-refractivity contribution in [3.05, 3.63) is 29.8 Å². The second kappa shape index (κ2) is 6.03. The van der Waals surface area contributed by atoms with Gasteiger partial charge in [-0.3, -0.25) is 0 Å². The Balaban J connectivity index is 2.12. The number of para-hydroxylation sites is 1. The fourth-order valence-electron chi connectivity index (χ4n) is 2.47. The second-order valence-electron chi connectivity index (χ2n) is 4.72. The maximum absolute atomic E-state index is 6.05. The first kappa shape index (κ1) is 12.4. The normalized spacial score (nSPS) is 20.6. The number of nitrogens with zero attached hydrogens (tertiary/aromatic N) is 1. The zero-order chi connectivity index (χ0) is 12.1. The lowest BCUT2D eigenvalue weighted by Crippen LogP contribution is -2.43. The number of methoxy groups -OCH3 is 1. The molecule has 0 bridgehead atoms. The van der Waals surface area contributed by atoms with Crippen LogP contribution in [0.2, 0.25) is 0 Å². The Kier molecular flexibility index (Phi) is 4.40. The summed E-state index contributed by atoms with van der Waals surface area (Å²) in [5.41, 5.74) is 8.74. The first-order valence-electron chi connectivity index (χ1n) is 6.38. The number of hydrogen-bond donors (Lipinski definition) is 1. The van der Waals surface area contributed by atoms with Crippen molar-refractivity contribution < 1.29 is 4.74 Å². The lowest BCUT2D eigenvalue weighted by molar-refractivity contribution is 0.202. The van der Waals surface area contributed by atoms with Gasteiger partial charge in [0.15, 0.2) is 0 Å². The molecule has 0 saturated carbocycles. The molecule has 1 fully saturated rings. The number of nitrogens with two attached hydrogens (primary N) is 1. The first-order chi connectivity index (χ1) is 8.31. The lowest BCUT2D eigenvalue weighted by Gasteiger charge is -2.34. The highest BCUT2D eigenvalue weighted by Gasteiger charge is 2.18. The van der Waals surface area contributed by atoms with Gasteiger partial charge < -0.3 is 15.4 Å². The fraction of sp³-hybridized carbons (Fsp3) is 0.571. The summed E-state index contributed by atoms with van der Waals surface area (Å²) in [7, 11) is 1.75. The molecule has 2 N–H and O–H groups in total. The maximum atomic E-state index is 6.05. The summed E-state index contributed by atoms with van der Waals surface area (Å²) >= 11 is 0. The van der Waals surface area contributed by atoms with Crippen LogP contribution in [0.1, 0.15) is 18.4 Å².